The molecule has 0 aromatic heterocycles. The molecule has 3 heteroatoms. The molecule has 2 aromatic rings. The molecule has 0 radical (unpaired) electrons. The summed E-state index contributed by atoms with van der Waals surface area (Å²) in [6.07, 6.45) is 0. The third-order valence-electron chi connectivity index (χ3n) is 2.87. The predicted molar refractivity (Wildman–Crippen MR) is 72.0 cm³/mol. The molecule has 0 aliphatic carbocycles. The summed E-state index contributed by atoms with van der Waals surface area (Å²) < 4.78 is 5.31. The lowest BCUT2D eigenvalue weighted by Crippen LogP contribution is -1.96. The number of benzene rings is 2. The Morgan fingerprint density at radius 3 is 2.47 bits per heavy atom. The highest BCUT2D eigenvalue weighted by Crippen LogP contribution is 2.34. The number of hydrogen-bond donors (Lipinski definition) is 2. The number of nitrogens with two attached hydrogens (primary N) is 2. The average Bonchev–Trinajstić information content (AvgIpc) is 2.33. The van der Waals surface area contributed by atoms with Crippen LogP contribution in [0.25, 0.3) is 11.1 Å². The Kier molecular flexibility index (Phi) is 2.91. The first kappa shape index (κ1) is 11.3. The number of ether oxygens (including phenoxy) is 1. The summed E-state index contributed by atoms with van der Waals surface area (Å²) in [6, 6.07) is 11.4. The van der Waals surface area contributed by atoms with Crippen LogP contribution < -0.4 is 16.2 Å². The minimum absolute atomic E-state index is 0.705. The molecular formula is C14H16N2O. The molecule has 0 fully saturated rings. The van der Waals surface area contributed by atoms with E-state index in [9.17, 15) is 0 Å². The molecular weight excluding hydrogens is 212 g/mol. The second-order valence-corrected chi connectivity index (χ2v) is 3.98. The van der Waals surface area contributed by atoms with Gasteiger partial charge >= 0.3 is 0 Å². The molecule has 0 aliphatic heterocycles. The Morgan fingerprint density at radius 1 is 1.00 bits per heavy atom. The summed E-state index contributed by atoms with van der Waals surface area (Å²) in [5.74, 6) is 0.851. The summed E-state index contributed by atoms with van der Waals surface area (Å²) in [4.78, 5) is 0. The Bertz CT molecular complexity index is 550. The van der Waals surface area contributed by atoms with Crippen molar-refractivity contribution in [2.45, 2.75) is 6.92 Å². The molecule has 0 amide bonds. The first-order valence-electron chi connectivity index (χ1n) is 5.42. The van der Waals surface area contributed by atoms with Crippen LogP contribution in [0.4, 0.5) is 11.4 Å². The lowest BCUT2D eigenvalue weighted by atomic mass is 9.98. The molecule has 0 saturated carbocycles. The van der Waals surface area contributed by atoms with E-state index in [1.165, 1.54) is 0 Å². The number of anilines is 2. The summed E-state index contributed by atoms with van der Waals surface area (Å²) in [5.41, 5.74) is 16.3. The van der Waals surface area contributed by atoms with E-state index in [4.69, 9.17) is 16.2 Å². The molecule has 0 unspecified atom stereocenters. The number of rotatable bonds is 2. The molecule has 0 atom stereocenters. The van der Waals surface area contributed by atoms with Gasteiger partial charge in [-0.2, -0.15) is 0 Å². The predicted octanol–water partition coefficient (Wildman–Crippen LogP) is 2.84. The molecule has 0 aliphatic rings. The smallest absolute Gasteiger partial charge is 0.122 e. The highest BCUT2D eigenvalue weighted by molar-refractivity contribution is 5.82. The van der Waals surface area contributed by atoms with E-state index in [1.807, 2.05) is 37.3 Å². The van der Waals surface area contributed by atoms with Gasteiger partial charge in [0.15, 0.2) is 0 Å². The third kappa shape index (κ3) is 2.04. The monoisotopic (exact) mass is 228 g/mol. The van der Waals surface area contributed by atoms with Crippen molar-refractivity contribution in [2.24, 2.45) is 0 Å². The standard InChI is InChI=1S/C14H16N2O/c1-9-11(4-3-5-14(9)17-2)12-8-10(15)6-7-13(12)16/h3-8H,15-16H2,1-2H3. The van der Waals surface area contributed by atoms with Crippen molar-refractivity contribution >= 4 is 11.4 Å². The summed E-state index contributed by atoms with van der Waals surface area (Å²) in [7, 11) is 1.66. The van der Waals surface area contributed by atoms with Crippen molar-refractivity contribution in [3.63, 3.8) is 0 Å². The van der Waals surface area contributed by atoms with E-state index in [0.29, 0.717) is 5.69 Å². The van der Waals surface area contributed by atoms with E-state index in [0.717, 1.165) is 28.1 Å². The molecule has 3 nitrogen and oxygen atoms in total. The van der Waals surface area contributed by atoms with Gasteiger partial charge in [0.2, 0.25) is 0 Å². The number of hydrogen-bond acceptors (Lipinski definition) is 3. The van der Waals surface area contributed by atoms with Crippen molar-refractivity contribution < 1.29 is 4.74 Å². The largest absolute Gasteiger partial charge is 0.496 e. The summed E-state index contributed by atoms with van der Waals surface area (Å²) in [5, 5.41) is 0. The van der Waals surface area contributed by atoms with E-state index in [-0.39, 0.29) is 0 Å². The molecule has 4 N–H and O–H groups in total. The molecule has 17 heavy (non-hydrogen) atoms. The Morgan fingerprint density at radius 2 is 1.76 bits per heavy atom. The average molecular weight is 228 g/mol. The number of nitrogen functional groups attached to an aromatic ring is 2. The molecule has 0 bridgehead atoms. The normalized spacial score (nSPS) is 10.2. The zero-order valence-electron chi connectivity index (χ0n) is 10.0. The van der Waals surface area contributed by atoms with Gasteiger partial charge in [-0.25, -0.2) is 0 Å². The third-order valence-corrected chi connectivity index (χ3v) is 2.87. The first-order valence-corrected chi connectivity index (χ1v) is 5.42. The maximum atomic E-state index is 5.99. The SMILES string of the molecule is COc1cccc(-c2cc(N)ccc2N)c1C. The van der Waals surface area contributed by atoms with Gasteiger partial charge in [0.1, 0.15) is 5.75 Å². The quantitative estimate of drug-likeness (QED) is 0.777. The molecule has 88 valence electrons. The molecule has 2 rings (SSSR count). The van der Waals surface area contributed by atoms with Crippen LogP contribution in [0.3, 0.4) is 0 Å². The lowest BCUT2D eigenvalue weighted by molar-refractivity contribution is 0.412. The minimum Gasteiger partial charge on any atom is -0.496 e. The maximum absolute atomic E-state index is 5.99. The molecule has 0 spiro atoms. The van der Waals surface area contributed by atoms with Crippen LogP contribution in [0.5, 0.6) is 5.75 Å². The molecule has 2 aromatic carbocycles. The van der Waals surface area contributed by atoms with Crippen LogP contribution in [-0.2, 0) is 0 Å². The van der Waals surface area contributed by atoms with Crippen molar-refractivity contribution in [1.82, 2.24) is 0 Å². The van der Waals surface area contributed by atoms with Crippen LogP contribution >= 0.6 is 0 Å². The zero-order valence-corrected chi connectivity index (χ0v) is 10.0. The molecule has 0 saturated heterocycles. The van der Waals surface area contributed by atoms with E-state index in [1.54, 1.807) is 13.2 Å². The topological polar surface area (TPSA) is 61.3 Å². The van der Waals surface area contributed by atoms with Gasteiger partial charge in [-0.15, -0.1) is 0 Å². The van der Waals surface area contributed by atoms with Crippen LogP contribution in [0.2, 0.25) is 0 Å². The van der Waals surface area contributed by atoms with Crippen molar-refractivity contribution in [3.8, 4) is 16.9 Å². The fraction of sp³-hybridized carbons (Fsp3) is 0.143. The fourth-order valence-corrected chi connectivity index (χ4v) is 1.93. The van der Waals surface area contributed by atoms with Crippen LogP contribution in [0.15, 0.2) is 36.4 Å². The lowest BCUT2D eigenvalue weighted by Gasteiger charge is -2.12. The summed E-state index contributed by atoms with van der Waals surface area (Å²) >= 11 is 0. The highest BCUT2D eigenvalue weighted by atomic mass is 16.5. The minimum atomic E-state index is 0.705. The van der Waals surface area contributed by atoms with Gasteiger partial charge in [0, 0.05) is 16.9 Å². The van der Waals surface area contributed by atoms with Gasteiger partial charge in [-0.3, -0.25) is 0 Å². The van der Waals surface area contributed by atoms with Crippen molar-refractivity contribution in [3.05, 3.63) is 42.0 Å². The Labute approximate surface area is 101 Å². The van der Waals surface area contributed by atoms with Crippen LogP contribution in [0, 0.1) is 6.92 Å². The van der Waals surface area contributed by atoms with Crippen molar-refractivity contribution in [2.75, 3.05) is 18.6 Å². The fourth-order valence-electron chi connectivity index (χ4n) is 1.93. The van der Waals surface area contributed by atoms with E-state index in [2.05, 4.69) is 0 Å². The molecule has 0 heterocycles. The van der Waals surface area contributed by atoms with Crippen molar-refractivity contribution in [1.29, 1.82) is 0 Å². The second kappa shape index (κ2) is 4.37. The maximum Gasteiger partial charge on any atom is 0.122 e. The van der Waals surface area contributed by atoms with Gasteiger partial charge < -0.3 is 16.2 Å². The Hall–Kier alpha value is -2.16. The van der Waals surface area contributed by atoms with Crippen LogP contribution in [-0.4, -0.2) is 7.11 Å². The second-order valence-electron chi connectivity index (χ2n) is 3.98. The van der Waals surface area contributed by atoms with Crippen LogP contribution in [0.1, 0.15) is 5.56 Å². The van der Waals surface area contributed by atoms with Gasteiger partial charge in [-0.05, 0) is 42.3 Å². The summed E-state index contributed by atoms with van der Waals surface area (Å²) in [6.45, 7) is 2.01. The first-order chi connectivity index (χ1) is 8.13. The Balaban J connectivity index is 2.64. The van der Waals surface area contributed by atoms with Gasteiger partial charge in [0.25, 0.3) is 0 Å². The van der Waals surface area contributed by atoms with E-state index >= 15 is 0 Å². The van der Waals surface area contributed by atoms with E-state index < -0.39 is 0 Å². The zero-order chi connectivity index (χ0) is 12.4. The van der Waals surface area contributed by atoms with Gasteiger partial charge in [0.05, 0.1) is 7.11 Å². The number of methoxy groups -OCH3 is 1. The van der Waals surface area contributed by atoms with Gasteiger partial charge in [-0.1, -0.05) is 12.1 Å². The highest BCUT2D eigenvalue weighted by Gasteiger charge is 2.09.